The molecule has 13 nitrogen and oxygen atoms in total. The average molecular weight is 522 g/mol. The van der Waals surface area contributed by atoms with Crippen LogP contribution in [-0.4, -0.2) is 89.3 Å². The summed E-state index contributed by atoms with van der Waals surface area (Å²) in [5, 5.41) is 60.6. The van der Waals surface area contributed by atoms with Crippen molar-refractivity contribution in [3.05, 3.63) is 34.7 Å². The van der Waals surface area contributed by atoms with Crippen molar-refractivity contribution in [2.45, 2.75) is 30.7 Å². The van der Waals surface area contributed by atoms with Gasteiger partial charge in [-0.05, 0) is 17.7 Å². The fourth-order valence-corrected chi connectivity index (χ4v) is 4.10. The van der Waals surface area contributed by atoms with E-state index in [1.54, 1.807) is 0 Å². The monoisotopic (exact) mass is 522 g/mol. The lowest BCUT2D eigenvalue weighted by Gasteiger charge is -2.39. The van der Waals surface area contributed by atoms with Crippen molar-refractivity contribution < 1.29 is 58.7 Å². The fraction of sp³-hybridized carbons (Fsp3) is 0.375. The van der Waals surface area contributed by atoms with E-state index in [9.17, 15) is 35.4 Å². The van der Waals surface area contributed by atoms with Gasteiger partial charge in [-0.2, -0.15) is 0 Å². The van der Waals surface area contributed by atoms with Crippen molar-refractivity contribution in [3.63, 3.8) is 0 Å². The number of aromatic hydroxyl groups is 2. The van der Waals surface area contributed by atoms with Gasteiger partial charge in [-0.15, -0.1) is 0 Å². The van der Waals surface area contributed by atoms with Gasteiger partial charge in [0.2, 0.25) is 23.2 Å². The first-order chi connectivity index (χ1) is 17.7. The molecule has 6 N–H and O–H groups in total. The number of aliphatic hydroxyl groups is 4. The van der Waals surface area contributed by atoms with E-state index in [2.05, 4.69) is 0 Å². The van der Waals surface area contributed by atoms with Crippen LogP contribution in [0.4, 0.5) is 0 Å². The van der Waals surface area contributed by atoms with E-state index < -0.39 is 48.5 Å². The number of benzene rings is 2. The van der Waals surface area contributed by atoms with E-state index in [-0.39, 0.29) is 50.8 Å². The number of phenols is 2. The van der Waals surface area contributed by atoms with Crippen molar-refractivity contribution in [2.24, 2.45) is 0 Å². The summed E-state index contributed by atoms with van der Waals surface area (Å²) in [6, 6.07) is 3.92. The predicted octanol–water partition coefficient (Wildman–Crippen LogP) is 0.0757. The van der Waals surface area contributed by atoms with E-state index >= 15 is 0 Å². The van der Waals surface area contributed by atoms with Gasteiger partial charge in [0, 0.05) is 6.07 Å². The Morgan fingerprint density at radius 3 is 2.22 bits per heavy atom. The van der Waals surface area contributed by atoms with Crippen LogP contribution in [0, 0.1) is 0 Å². The lowest BCUT2D eigenvalue weighted by molar-refractivity contribution is -0.277. The van der Waals surface area contributed by atoms with Gasteiger partial charge < -0.3 is 58.7 Å². The maximum atomic E-state index is 13.4. The topological polar surface area (TPSA) is 198 Å². The Hall–Kier alpha value is -3.75. The molecule has 3 aromatic rings. The Balaban J connectivity index is 1.80. The van der Waals surface area contributed by atoms with Crippen LogP contribution in [0.3, 0.4) is 0 Å². The molecule has 13 heteroatoms. The molecular weight excluding hydrogens is 496 g/mol. The molecule has 2 heterocycles. The fourth-order valence-electron chi connectivity index (χ4n) is 4.10. The van der Waals surface area contributed by atoms with E-state index in [0.717, 1.165) is 6.26 Å². The van der Waals surface area contributed by atoms with Crippen molar-refractivity contribution in [3.8, 4) is 45.6 Å². The van der Waals surface area contributed by atoms with Crippen molar-refractivity contribution >= 4 is 11.0 Å². The lowest BCUT2D eigenvalue weighted by Crippen LogP contribution is -2.60. The molecule has 0 bridgehead atoms. The Bertz CT molecular complexity index is 1350. The van der Waals surface area contributed by atoms with Crippen LogP contribution in [0.2, 0.25) is 0 Å². The summed E-state index contributed by atoms with van der Waals surface area (Å²) in [5.41, 5.74) is -0.617. The molecule has 2 aromatic carbocycles. The number of methoxy groups -OCH3 is 3. The summed E-state index contributed by atoms with van der Waals surface area (Å²) < 4.78 is 32.0. The summed E-state index contributed by atoms with van der Waals surface area (Å²) >= 11 is 0. The zero-order valence-electron chi connectivity index (χ0n) is 19.9. The average Bonchev–Trinajstić information content (AvgIpc) is 2.88. The van der Waals surface area contributed by atoms with Crippen LogP contribution in [0.1, 0.15) is 0 Å². The first-order valence-corrected chi connectivity index (χ1v) is 10.9. The highest BCUT2D eigenvalue weighted by Gasteiger charge is 2.45. The van der Waals surface area contributed by atoms with Crippen molar-refractivity contribution in [1.82, 2.24) is 0 Å². The van der Waals surface area contributed by atoms with Gasteiger partial charge in [0.15, 0.2) is 23.0 Å². The Morgan fingerprint density at radius 2 is 1.59 bits per heavy atom. The van der Waals surface area contributed by atoms with Gasteiger partial charge in [-0.1, -0.05) is 0 Å². The quantitative estimate of drug-likeness (QED) is 0.244. The van der Waals surface area contributed by atoms with Gasteiger partial charge in [0.1, 0.15) is 41.6 Å². The maximum Gasteiger partial charge on any atom is 0.229 e. The maximum absolute atomic E-state index is 13.4. The molecular formula is C24H26O13. The van der Waals surface area contributed by atoms with E-state index in [1.807, 2.05) is 0 Å². The Labute approximate surface area is 209 Å². The third-order valence-corrected chi connectivity index (χ3v) is 6.03. The minimum atomic E-state index is -1.73. The van der Waals surface area contributed by atoms with Gasteiger partial charge >= 0.3 is 0 Å². The van der Waals surface area contributed by atoms with Gasteiger partial charge in [0.25, 0.3) is 0 Å². The summed E-state index contributed by atoms with van der Waals surface area (Å²) in [4.78, 5) is 13.4. The van der Waals surface area contributed by atoms with Crippen LogP contribution in [0.15, 0.2) is 33.7 Å². The first-order valence-electron chi connectivity index (χ1n) is 10.9. The molecule has 0 radical (unpaired) electrons. The molecule has 0 aliphatic carbocycles. The smallest absolute Gasteiger partial charge is 0.229 e. The van der Waals surface area contributed by atoms with Crippen molar-refractivity contribution in [2.75, 3.05) is 27.9 Å². The number of phenolic OH excluding ortho intramolecular Hbond substituents is 2. The molecule has 0 saturated carbocycles. The predicted molar refractivity (Wildman–Crippen MR) is 125 cm³/mol. The zero-order chi connectivity index (χ0) is 27.0. The number of aliphatic hydroxyl groups excluding tert-OH is 4. The molecule has 0 amide bonds. The third-order valence-electron chi connectivity index (χ3n) is 6.03. The van der Waals surface area contributed by atoms with E-state index in [0.29, 0.717) is 0 Å². The van der Waals surface area contributed by atoms with Crippen LogP contribution in [0.5, 0.6) is 34.5 Å². The molecule has 5 atom stereocenters. The number of hydrogen-bond acceptors (Lipinski definition) is 13. The molecule has 37 heavy (non-hydrogen) atoms. The molecule has 1 fully saturated rings. The van der Waals surface area contributed by atoms with E-state index in [4.69, 9.17) is 28.1 Å². The minimum absolute atomic E-state index is 0.0243. The van der Waals surface area contributed by atoms with Crippen molar-refractivity contribution in [1.29, 1.82) is 0 Å². The minimum Gasteiger partial charge on any atom is -0.504 e. The first kappa shape index (κ1) is 26.3. The highest BCUT2D eigenvalue weighted by atomic mass is 16.7. The second-order valence-electron chi connectivity index (χ2n) is 8.15. The second-order valence-corrected chi connectivity index (χ2v) is 8.15. The molecule has 1 saturated heterocycles. The summed E-state index contributed by atoms with van der Waals surface area (Å²) in [7, 11) is 3.90. The number of rotatable bonds is 7. The molecule has 0 unspecified atom stereocenters. The van der Waals surface area contributed by atoms with Crippen LogP contribution < -0.4 is 24.4 Å². The Morgan fingerprint density at radius 1 is 0.892 bits per heavy atom. The Kier molecular flexibility index (Phi) is 7.34. The summed E-state index contributed by atoms with van der Waals surface area (Å²) in [6.07, 6.45) is -6.74. The van der Waals surface area contributed by atoms with Gasteiger partial charge in [-0.3, -0.25) is 4.79 Å². The van der Waals surface area contributed by atoms with Crippen LogP contribution in [0.25, 0.3) is 22.1 Å². The van der Waals surface area contributed by atoms with Crippen LogP contribution in [-0.2, 0) is 4.74 Å². The largest absolute Gasteiger partial charge is 0.504 e. The zero-order valence-corrected chi connectivity index (χ0v) is 19.9. The number of ether oxygens (including phenoxy) is 5. The van der Waals surface area contributed by atoms with E-state index in [1.165, 1.54) is 39.5 Å². The molecule has 4 rings (SSSR count). The molecule has 0 spiro atoms. The van der Waals surface area contributed by atoms with Gasteiger partial charge in [-0.25, -0.2) is 0 Å². The number of hydrogen-bond donors (Lipinski definition) is 6. The highest BCUT2D eigenvalue weighted by molar-refractivity contribution is 5.91. The van der Waals surface area contributed by atoms with Crippen LogP contribution >= 0.6 is 0 Å². The SMILES string of the molecule is COc1cc(-c2coc3cc(O[C@@H]4O[C@H](CO)[C@H](O)[C@@H](O)[C@H]4O)c(OC)c(O)c3c2=O)cc(O)c1OC. The third kappa shape index (κ3) is 4.47. The standard InChI is InChI=1S/C24H26O13/c1-32-13-5-9(4-11(26)22(13)33-2)10-8-35-12-6-14(23(34-3)19(29)16(12)17(10)27)36-24-21(31)20(30)18(28)15(7-25)37-24/h4-6,8,15,18,20-21,24-26,28-31H,7H2,1-3H3/t15-,18+,20-,21-,24-/m1/s1. The normalized spacial score (nSPS) is 23.6. The highest BCUT2D eigenvalue weighted by Crippen LogP contribution is 2.44. The van der Waals surface area contributed by atoms with Gasteiger partial charge in [0.05, 0.1) is 33.5 Å². The number of fused-ring (bicyclic) bond motifs is 1. The second kappa shape index (κ2) is 10.3. The molecule has 1 aromatic heterocycles. The summed E-state index contributed by atoms with van der Waals surface area (Å²) in [5.74, 6) is -1.26. The lowest BCUT2D eigenvalue weighted by atomic mass is 9.99. The molecule has 1 aliphatic rings. The summed E-state index contributed by atoms with van der Waals surface area (Å²) in [6.45, 7) is -0.672. The molecule has 200 valence electrons. The molecule has 1 aliphatic heterocycles.